The number of hydrogen-bond donors (Lipinski definition) is 1. The Hall–Kier alpha value is -2.51. The number of aromatic nitrogens is 1. The van der Waals surface area contributed by atoms with Crippen LogP contribution in [-0.4, -0.2) is 34.2 Å². The minimum atomic E-state index is -1.04. The molecular formula is C20H20N2O3S2. The van der Waals surface area contributed by atoms with Gasteiger partial charge in [0, 0.05) is 33.8 Å². The van der Waals surface area contributed by atoms with Gasteiger partial charge in [-0.15, -0.1) is 11.3 Å². The molecule has 3 aromatic rings. The van der Waals surface area contributed by atoms with Gasteiger partial charge in [-0.2, -0.15) is 0 Å². The van der Waals surface area contributed by atoms with Gasteiger partial charge in [-0.1, -0.05) is 30.3 Å². The first kappa shape index (κ1) is 19.3. The molecule has 0 spiro atoms. The fraction of sp³-hybridized carbons (Fsp3) is 0.200. The third-order valence-corrected chi connectivity index (χ3v) is 5.68. The number of nitrogens with one attached hydrogen (secondary N) is 1. The summed E-state index contributed by atoms with van der Waals surface area (Å²) in [7, 11) is 0.577. The van der Waals surface area contributed by atoms with Crippen LogP contribution in [0.3, 0.4) is 0 Å². The topological polar surface area (TPSA) is 68.3 Å². The van der Waals surface area contributed by atoms with Gasteiger partial charge >= 0.3 is 0 Å². The standard InChI is InChI=1S/C20H20N2O3S2/c1-25-16-10-8-15(9-11-16)20-22-17(12-26-20)19(23)21-18(13-27(2)24)14-6-4-3-5-7-14/h3-12,18H,13H2,1-2H3,(H,21,23)/t18-,27+/m0/s1. The molecule has 0 aliphatic heterocycles. The average Bonchev–Trinajstić information content (AvgIpc) is 3.18. The first-order valence-electron chi connectivity index (χ1n) is 8.32. The lowest BCUT2D eigenvalue weighted by Gasteiger charge is -2.17. The molecule has 27 heavy (non-hydrogen) atoms. The van der Waals surface area contributed by atoms with E-state index in [0.29, 0.717) is 11.4 Å². The van der Waals surface area contributed by atoms with Gasteiger partial charge in [0.15, 0.2) is 0 Å². The van der Waals surface area contributed by atoms with Crippen LogP contribution in [-0.2, 0) is 10.8 Å². The van der Waals surface area contributed by atoms with Crippen LogP contribution in [0, 0.1) is 0 Å². The molecule has 0 aliphatic rings. The molecule has 3 rings (SSSR count). The van der Waals surface area contributed by atoms with E-state index in [2.05, 4.69) is 10.3 Å². The minimum absolute atomic E-state index is 0.273. The molecule has 7 heteroatoms. The lowest BCUT2D eigenvalue weighted by molar-refractivity contribution is 0.0936. The molecule has 0 unspecified atom stereocenters. The lowest BCUT2D eigenvalue weighted by atomic mass is 10.1. The number of rotatable bonds is 7. The normalized spacial score (nSPS) is 13.0. The van der Waals surface area contributed by atoms with Crippen LogP contribution >= 0.6 is 11.3 Å². The second-order valence-electron chi connectivity index (χ2n) is 5.94. The molecule has 5 nitrogen and oxygen atoms in total. The number of hydrogen-bond acceptors (Lipinski definition) is 5. The van der Waals surface area contributed by atoms with Crippen LogP contribution in [0.5, 0.6) is 5.75 Å². The summed E-state index contributed by atoms with van der Waals surface area (Å²) in [5.41, 5.74) is 2.20. The van der Waals surface area contributed by atoms with E-state index in [4.69, 9.17) is 4.74 Å². The number of ether oxygens (including phenoxy) is 1. The van der Waals surface area contributed by atoms with Crippen molar-refractivity contribution < 1.29 is 13.7 Å². The Labute approximate surface area is 164 Å². The van der Waals surface area contributed by atoms with E-state index in [-0.39, 0.29) is 11.9 Å². The molecule has 1 N–H and O–H groups in total. The van der Waals surface area contributed by atoms with Crippen LogP contribution < -0.4 is 10.1 Å². The third kappa shape index (κ3) is 5.02. The summed E-state index contributed by atoms with van der Waals surface area (Å²) in [4.78, 5) is 17.1. The quantitative estimate of drug-likeness (QED) is 0.657. The molecule has 2 atom stereocenters. The van der Waals surface area contributed by atoms with Crippen LogP contribution in [0.1, 0.15) is 22.1 Å². The summed E-state index contributed by atoms with van der Waals surface area (Å²) in [6.45, 7) is 0. The monoisotopic (exact) mass is 400 g/mol. The molecule has 0 bridgehead atoms. The van der Waals surface area contributed by atoms with Crippen molar-refractivity contribution in [2.24, 2.45) is 0 Å². The average molecular weight is 401 g/mol. The summed E-state index contributed by atoms with van der Waals surface area (Å²) in [6, 6.07) is 16.8. The van der Waals surface area contributed by atoms with Gasteiger partial charge in [-0.3, -0.25) is 9.00 Å². The van der Waals surface area contributed by atoms with Crippen LogP contribution in [0.15, 0.2) is 60.0 Å². The van der Waals surface area contributed by atoms with E-state index < -0.39 is 10.8 Å². The Bertz CT molecular complexity index is 924. The highest BCUT2D eigenvalue weighted by atomic mass is 32.2. The van der Waals surface area contributed by atoms with Crippen LogP contribution in [0.2, 0.25) is 0 Å². The summed E-state index contributed by atoms with van der Waals surface area (Å²) < 4.78 is 16.9. The number of amides is 1. The first-order chi connectivity index (χ1) is 13.1. The molecule has 0 fully saturated rings. The molecule has 0 radical (unpaired) electrons. The summed E-state index contributed by atoms with van der Waals surface area (Å²) in [5.74, 6) is 0.849. The molecule has 2 aromatic carbocycles. The minimum Gasteiger partial charge on any atom is -0.497 e. The molecular weight excluding hydrogens is 380 g/mol. The maximum absolute atomic E-state index is 12.7. The van der Waals surface area contributed by atoms with Gasteiger partial charge in [0.1, 0.15) is 16.5 Å². The van der Waals surface area contributed by atoms with E-state index in [1.165, 1.54) is 11.3 Å². The van der Waals surface area contributed by atoms with Crippen molar-refractivity contribution >= 4 is 28.0 Å². The number of carbonyl (C=O) groups excluding carboxylic acids is 1. The van der Waals surface area contributed by atoms with Gasteiger partial charge in [0.2, 0.25) is 0 Å². The number of thiazole rings is 1. The Balaban J connectivity index is 1.76. The van der Waals surface area contributed by atoms with Crippen LogP contribution in [0.4, 0.5) is 0 Å². The van der Waals surface area contributed by atoms with Gasteiger partial charge in [-0.25, -0.2) is 4.98 Å². The highest BCUT2D eigenvalue weighted by molar-refractivity contribution is 7.84. The predicted octanol–water partition coefficient (Wildman–Crippen LogP) is 3.67. The highest BCUT2D eigenvalue weighted by Gasteiger charge is 2.19. The SMILES string of the molecule is COc1ccc(-c2nc(C(=O)N[C@@H](C[S@@](C)=O)c3ccccc3)cs2)cc1. The second kappa shape index (κ2) is 8.92. The van der Waals surface area contributed by atoms with Crippen LogP contribution in [0.25, 0.3) is 10.6 Å². The van der Waals surface area contributed by atoms with Crippen molar-refractivity contribution in [1.29, 1.82) is 0 Å². The fourth-order valence-electron chi connectivity index (χ4n) is 2.62. The van der Waals surface area contributed by atoms with E-state index in [1.807, 2.05) is 54.6 Å². The van der Waals surface area contributed by atoms with Gasteiger partial charge in [0.25, 0.3) is 5.91 Å². The zero-order valence-electron chi connectivity index (χ0n) is 15.0. The number of methoxy groups -OCH3 is 1. The largest absolute Gasteiger partial charge is 0.497 e. The second-order valence-corrected chi connectivity index (χ2v) is 8.28. The van der Waals surface area contributed by atoms with Crippen molar-refractivity contribution in [2.75, 3.05) is 19.1 Å². The molecule has 1 amide bonds. The number of benzene rings is 2. The van der Waals surface area contributed by atoms with E-state index in [9.17, 15) is 9.00 Å². The molecule has 1 heterocycles. The molecule has 0 saturated heterocycles. The van der Waals surface area contributed by atoms with Crippen molar-refractivity contribution in [2.45, 2.75) is 6.04 Å². The summed E-state index contributed by atoms with van der Waals surface area (Å²) in [5, 5.41) is 5.45. The Morgan fingerprint density at radius 3 is 2.52 bits per heavy atom. The fourth-order valence-corrected chi connectivity index (χ4v) is 4.17. The molecule has 140 valence electrons. The van der Waals surface area contributed by atoms with Crippen molar-refractivity contribution in [3.8, 4) is 16.3 Å². The third-order valence-electron chi connectivity index (χ3n) is 3.98. The Kier molecular flexibility index (Phi) is 6.36. The van der Waals surface area contributed by atoms with Gasteiger partial charge < -0.3 is 10.1 Å². The number of nitrogens with zero attached hydrogens (tertiary/aromatic N) is 1. The van der Waals surface area contributed by atoms with Crippen molar-refractivity contribution in [3.05, 3.63) is 71.2 Å². The highest BCUT2D eigenvalue weighted by Crippen LogP contribution is 2.26. The van der Waals surface area contributed by atoms with E-state index >= 15 is 0 Å². The zero-order valence-corrected chi connectivity index (χ0v) is 16.7. The van der Waals surface area contributed by atoms with Gasteiger partial charge in [0.05, 0.1) is 13.2 Å². The maximum atomic E-state index is 12.7. The number of carbonyl (C=O) groups is 1. The van der Waals surface area contributed by atoms with Crippen molar-refractivity contribution in [3.63, 3.8) is 0 Å². The Morgan fingerprint density at radius 2 is 1.89 bits per heavy atom. The van der Waals surface area contributed by atoms with E-state index in [0.717, 1.165) is 21.9 Å². The predicted molar refractivity (Wildman–Crippen MR) is 110 cm³/mol. The summed E-state index contributed by atoms with van der Waals surface area (Å²) >= 11 is 1.41. The van der Waals surface area contributed by atoms with Crippen molar-refractivity contribution in [1.82, 2.24) is 10.3 Å². The Morgan fingerprint density at radius 1 is 1.19 bits per heavy atom. The smallest absolute Gasteiger partial charge is 0.271 e. The molecule has 0 aliphatic carbocycles. The molecule has 1 aromatic heterocycles. The summed E-state index contributed by atoms with van der Waals surface area (Å²) in [6.07, 6.45) is 1.63. The zero-order chi connectivity index (χ0) is 19.2. The molecule has 0 saturated carbocycles. The van der Waals surface area contributed by atoms with Gasteiger partial charge in [-0.05, 0) is 29.8 Å². The first-order valence-corrected chi connectivity index (χ1v) is 10.9. The lowest BCUT2D eigenvalue weighted by Crippen LogP contribution is -2.32. The maximum Gasteiger partial charge on any atom is 0.271 e. The van der Waals surface area contributed by atoms with E-state index in [1.54, 1.807) is 18.7 Å².